The van der Waals surface area contributed by atoms with E-state index in [0.717, 1.165) is 37.9 Å². The van der Waals surface area contributed by atoms with Crippen LogP contribution in [0.1, 0.15) is 57.8 Å². The topological polar surface area (TPSA) is 57.2 Å². The third-order valence-corrected chi connectivity index (χ3v) is 24.7. The van der Waals surface area contributed by atoms with Gasteiger partial charge in [-0.05, 0) is 90.4 Å². The van der Waals surface area contributed by atoms with Gasteiger partial charge in [-0.1, -0.05) is 44.9 Å². The molecular formula is C25H63NO5Si6. The van der Waals surface area contributed by atoms with E-state index in [2.05, 4.69) is 65.5 Å². The molecule has 0 aromatic carbocycles. The number of hydrogen-bond donors (Lipinski definition) is 0. The van der Waals surface area contributed by atoms with Gasteiger partial charge < -0.3 is 21.4 Å². The van der Waals surface area contributed by atoms with E-state index in [-0.39, 0.29) is 0 Å². The molecule has 0 unspecified atom stereocenters. The second-order valence-corrected chi connectivity index (χ2v) is 32.7. The smallest absolute Gasteiger partial charge is 0.455 e. The highest BCUT2D eigenvalue weighted by Gasteiger charge is 2.43. The fraction of sp³-hybridized carbons (Fsp3) is 0.960. The molecule has 0 saturated carbocycles. The molecular weight excluding hydrogens is 563 g/mol. The summed E-state index contributed by atoms with van der Waals surface area (Å²) < 4.78 is 26.7. The Morgan fingerprint density at radius 2 is 0.973 bits per heavy atom. The van der Waals surface area contributed by atoms with E-state index in [4.69, 9.17) is 16.5 Å². The van der Waals surface area contributed by atoms with Crippen molar-refractivity contribution in [3.63, 3.8) is 0 Å². The van der Waals surface area contributed by atoms with E-state index in [0.29, 0.717) is 0 Å². The summed E-state index contributed by atoms with van der Waals surface area (Å²) in [6, 6.07) is 3.40. The molecule has 0 aliphatic heterocycles. The molecule has 0 aliphatic carbocycles. The summed E-state index contributed by atoms with van der Waals surface area (Å²) in [6.07, 6.45) is 12.3. The summed E-state index contributed by atoms with van der Waals surface area (Å²) in [5.74, 6) is 0. The second kappa shape index (κ2) is 19.6. The minimum atomic E-state index is -2.55. The number of carbonyl (C=O) groups excluding carboxylic acids is 1. The van der Waals surface area contributed by atoms with Crippen LogP contribution in [0.3, 0.4) is 0 Å². The van der Waals surface area contributed by atoms with Crippen molar-refractivity contribution >= 4 is 59.0 Å². The highest BCUT2D eigenvalue weighted by Crippen LogP contribution is 2.29. The molecule has 0 aromatic heterocycles. The Morgan fingerprint density at radius 1 is 0.595 bits per heavy atom. The Kier molecular flexibility index (Phi) is 20.0. The van der Waals surface area contributed by atoms with Crippen molar-refractivity contribution in [3.05, 3.63) is 0 Å². The first-order valence-electron chi connectivity index (χ1n) is 15.0. The number of rotatable bonds is 24. The predicted molar refractivity (Wildman–Crippen MR) is 176 cm³/mol. The van der Waals surface area contributed by atoms with Crippen molar-refractivity contribution in [1.82, 2.24) is 4.90 Å². The Hall–Kier alpha value is 0.611. The van der Waals surface area contributed by atoms with E-state index < -0.39 is 52.6 Å². The first-order chi connectivity index (χ1) is 17.1. The molecule has 0 fully saturated rings. The minimum absolute atomic E-state index is 0.888. The van der Waals surface area contributed by atoms with E-state index in [9.17, 15) is 4.79 Å². The zero-order chi connectivity index (χ0) is 28.5. The Bertz CT molecular complexity index is 569. The molecule has 0 heterocycles. The molecule has 0 bridgehead atoms. The van der Waals surface area contributed by atoms with Gasteiger partial charge >= 0.3 is 8.80 Å². The highest BCUT2D eigenvalue weighted by atomic mass is 28.5. The fourth-order valence-corrected chi connectivity index (χ4v) is 27.0. The molecule has 0 N–H and O–H groups in total. The van der Waals surface area contributed by atoms with Gasteiger partial charge in [0.05, 0.1) is 0 Å². The molecule has 0 saturated heterocycles. The summed E-state index contributed by atoms with van der Waals surface area (Å²) in [7, 11) is -7.79. The molecule has 1 amide bonds. The van der Waals surface area contributed by atoms with E-state index in [1.165, 1.54) is 51.0 Å². The molecule has 0 aliphatic rings. The van der Waals surface area contributed by atoms with Gasteiger partial charge in [-0.25, -0.2) is 0 Å². The zero-order valence-electron chi connectivity index (χ0n) is 26.5. The number of hydrogen-bond acceptors (Lipinski definition) is 5. The summed E-state index contributed by atoms with van der Waals surface area (Å²) in [5, 5.41) is 0. The summed E-state index contributed by atoms with van der Waals surface area (Å²) in [6.45, 7) is 24.0. The zero-order valence-corrected chi connectivity index (χ0v) is 33.0. The average Bonchev–Trinajstić information content (AvgIpc) is 2.72. The largest absolute Gasteiger partial charge is 0.468 e. The SMILES string of the molecule is CN(C=O)CCCCCCCCCC[Si](C)(C)O[Si](C)(C)CCC[Si](O[SiH](C)C)(O[SiH](C)C)O[SiH](C)C. The van der Waals surface area contributed by atoms with Gasteiger partial charge in [0.25, 0.3) is 0 Å². The molecule has 0 atom stereocenters. The number of nitrogens with zero attached hydrogens (tertiary/aromatic N) is 1. The Balaban J connectivity index is 4.44. The maximum Gasteiger partial charge on any atom is 0.468 e. The van der Waals surface area contributed by atoms with Gasteiger partial charge in [0.15, 0.2) is 43.8 Å². The average molecular weight is 626 g/mol. The van der Waals surface area contributed by atoms with Gasteiger partial charge in [-0.2, -0.15) is 0 Å². The van der Waals surface area contributed by atoms with Gasteiger partial charge in [-0.3, -0.25) is 4.79 Å². The highest BCUT2D eigenvalue weighted by molar-refractivity contribution is 6.85. The van der Waals surface area contributed by atoms with E-state index in [1.807, 2.05) is 7.05 Å². The molecule has 6 nitrogen and oxygen atoms in total. The van der Waals surface area contributed by atoms with Crippen LogP contribution in [0, 0.1) is 0 Å². The van der Waals surface area contributed by atoms with Crippen LogP contribution in [0.4, 0.5) is 0 Å². The fourth-order valence-electron chi connectivity index (χ4n) is 4.94. The van der Waals surface area contributed by atoms with E-state index in [1.54, 1.807) is 4.90 Å². The third kappa shape index (κ3) is 21.1. The minimum Gasteiger partial charge on any atom is -0.455 e. The van der Waals surface area contributed by atoms with E-state index >= 15 is 0 Å². The summed E-state index contributed by atoms with van der Waals surface area (Å²) in [5.41, 5.74) is 0. The van der Waals surface area contributed by atoms with Crippen LogP contribution in [0.5, 0.6) is 0 Å². The second-order valence-electron chi connectivity index (χ2n) is 12.8. The first-order valence-corrected chi connectivity index (χ1v) is 31.5. The molecule has 0 spiro atoms. The Labute approximate surface area is 239 Å². The van der Waals surface area contributed by atoms with Crippen LogP contribution in [0.2, 0.25) is 83.6 Å². The maximum absolute atomic E-state index is 10.6. The lowest BCUT2D eigenvalue weighted by Gasteiger charge is -2.37. The normalized spacial score (nSPS) is 13.2. The van der Waals surface area contributed by atoms with Crippen LogP contribution in [0.25, 0.3) is 0 Å². The molecule has 0 radical (unpaired) electrons. The number of unbranched alkanes of at least 4 members (excludes halogenated alkanes) is 7. The lowest BCUT2D eigenvalue weighted by Crippen LogP contribution is -2.53. The lowest BCUT2D eigenvalue weighted by atomic mass is 10.1. The monoisotopic (exact) mass is 625 g/mol. The van der Waals surface area contributed by atoms with Crippen molar-refractivity contribution in [2.75, 3.05) is 13.6 Å². The summed E-state index contributed by atoms with van der Waals surface area (Å²) >= 11 is 0. The van der Waals surface area contributed by atoms with Crippen LogP contribution in [-0.2, 0) is 21.3 Å². The standard InChI is InChI=1S/C25H63NO5Si6/c1-26(25-27)21-18-16-14-12-13-15-17-19-22-35(8,9)31-36(10,11)23-20-24-37(28-32(2)3,29-33(4)5)30-34(6)7/h25,32-34H,12-24H2,1-11H3. The molecule has 0 rings (SSSR count). The molecule has 0 aromatic rings. The van der Waals surface area contributed by atoms with Crippen molar-refractivity contribution in [1.29, 1.82) is 0 Å². The van der Waals surface area contributed by atoms with Gasteiger partial charge in [0.2, 0.25) is 6.41 Å². The Morgan fingerprint density at radius 3 is 1.38 bits per heavy atom. The van der Waals surface area contributed by atoms with Gasteiger partial charge in [-0.15, -0.1) is 0 Å². The molecule has 37 heavy (non-hydrogen) atoms. The molecule has 12 heteroatoms. The lowest BCUT2D eigenvalue weighted by molar-refractivity contribution is -0.117. The predicted octanol–water partition coefficient (Wildman–Crippen LogP) is 6.95. The van der Waals surface area contributed by atoms with Gasteiger partial charge in [0.1, 0.15) is 0 Å². The van der Waals surface area contributed by atoms with Crippen LogP contribution < -0.4 is 0 Å². The summed E-state index contributed by atoms with van der Waals surface area (Å²) in [4.78, 5) is 12.3. The number of amides is 1. The van der Waals surface area contributed by atoms with Crippen LogP contribution >= 0.6 is 0 Å². The van der Waals surface area contributed by atoms with Crippen LogP contribution in [0.15, 0.2) is 0 Å². The third-order valence-electron chi connectivity index (χ3n) is 6.28. The maximum atomic E-state index is 10.6. The van der Waals surface area contributed by atoms with Crippen molar-refractivity contribution in [2.45, 2.75) is 141 Å². The van der Waals surface area contributed by atoms with Crippen molar-refractivity contribution in [3.8, 4) is 0 Å². The van der Waals surface area contributed by atoms with Crippen LogP contribution in [-0.4, -0.2) is 77.5 Å². The first kappa shape index (κ1) is 37.6. The number of carbonyl (C=O) groups is 1. The van der Waals surface area contributed by atoms with Crippen molar-refractivity contribution in [2.24, 2.45) is 0 Å². The van der Waals surface area contributed by atoms with Crippen molar-refractivity contribution < 1.29 is 21.3 Å². The quantitative estimate of drug-likeness (QED) is 0.0660. The van der Waals surface area contributed by atoms with Gasteiger partial charge in [0, 0.05) is 19.6 Å². The molecule has 222 valence electrons.